The van der Waals surface area contributed by atoms with Crippen LogP contribution in [0, 0.1) is 0 Å². The molecule has 1 aliphatic carbocycles. The summed E-state index contributed by atoms with van der Waals surface area (Å²) in [5.74, 6) is 0. The first-order chi connectivity index (χ1) is 11.3. The van der Waals surface area contributed by atoms with Crippen molar-refractivity contribution in [1.29, 1.82) is 0 Å². The van der Waals surface area contributed by atoms with Crippen molar-refractivity contribution in [2.45, 2.75) is 25.7 Å². The molecule has 0 fully saturated rings. The van der Waals surface area contributed by atoms with Crippen molar-refractivity contribution in [3.8, 4) is 10.6 Å². The number of fused-ring (bicyclic) bond motifs is 3. The van der Waals surface area contributed by atoms with Gasteiger partial charge in [0.05, 0.1) is 10.9 Å². The van der Waals surface area contributed by atoms with Crippen molar-refractivity contribution in [3.05, 3.63) is 50.4 Å². The van der Waals surface area contributed by atoms with Gasteiger partial charge in [-0.05, 0) is 43.4 Å². The Balaban J connectivity index is 1.77. The van der Waals surface area contributed by atoms with Gasteiger partial charge in [-0.25, -0.2) is 4.98 Å². The summed E-state index contributed by atoms with van der Waals surface area (Å²) in [6.07, 6.45) is 4.81. The molecule has 0 aliphatic heterocycles. The Morgan fingerprint density at radius 3 is 2.96 bits per heavy atom. The number of thiophene rings is 1. The summed E-state index contributed by atoms with van der Waals surface area (Å²) in [4.78, 5) is 19.4. The SMILES string of the molecule is O=c1c2ccccc2nc2sc(-c3csc4c3CCCC4)nn12. The zero-order chi connectivity index (χ0) is 15.4. The van der Waals surface area contributed by atoms with Crippen molar-refractivity contribution in [2.24, 2.45) is 0 Å². The number of nitrogens with zero attached hydrogens (tertiary/aromatic N) is 3. The minimum absolute atomic E-state index is 0.0859. The van der Waals surface area contributed by atoms with Gasteiger partial charge in [-0.2, -0.15) is 9.61 Å². The van der Waals surface area contributed by atoms with E-state index in [1.54, 1.807) is 0 Å². The molecule has 3 aromatic heterocycles. The van der Waals surface area contributed by atoms with Crippen LogP contribution in [-0.4, -0.2) is 14.6 Å². The predicted octanol–water partition coefficient (Wildman–Crippen LogP) is 3.91. The van der Waals surface area contributed by atoms with Crippen LogP contribution < -0.4 is 5.56 Å². The fraction of sp³-hybridized carbons (Fsp3) is 0.235. The minimum atomic E-state index is -0.0859. The zero-order valence-corrected chi connectivity index (χ0v) is 13.9. The molecular formula is C17H13N3OS2. The largest absolute Gasteiger partial charge is 0.283 e. The van der Waals surface area contributed by atoms with Crippen LogP contribution in [0.15, 0.2) is 34.4 Å². The van der Waals surface area contributed by atoms with Gasteiger partial charge in [-0.3, -0.25) is 4.79 Å². The van der Waals surface area contributed by atoms with E-state index in [-0.39, 0.29) is 5.56 Å². The van der Waals surface area contributed by atoms with E-state index < -0.39 is 0 Å². The van der Waals surface area contributed by atoms with E-state index in [0.717, 1.165) is 16.9 Å². The summed E-state index contributed by atoms with van der Waals surface area (Å²) in [7, 11) is 0. The smallest absolute Gasteiger partial charge is 0.267 e. The molecule has 23 heavy (non-hydrogen) atoms. The standard InChI is InChI=1S/C17H13N3OS2/c21-16-11-6-1-3-7-13(11)18-17-20(16)19-15(23-17)12-9-22-14-8-4-2-5-10(12)14/h1,3,6-7,9H,2,4-5,8H2. The van der Waals surface area contributed by atoms with Crippen LogP contribution in [0.25, 0.3) is 26.4 Å². The molecule has 1 aliphatic rings. The number of para-hydroxylation sites is 1. The van der Waals surface area contributed by atoms with E-state index in [0.29, 0.717) is 10.3 Å². The average Bonchev–Trinajstić information content (AvgIpc) is 3.19. The van der Waals surface area contributed by atoms with Gasteiger partial charge in [0.2, 0.25) is 4.96 Å². The van der Waals surface area contributed by atoms with Gasteiger partial charge in [-0.1, -0.05) is 23.5 Å². The van der Waals surface area contributed by atoms with Crippen LogP contribution in [0.3, 0.4) is 0 Å². The second-order valence-corrected chi connectivity index (χ2v) is 7.71. The van der Waals surface area contributed by atoms with Crippen LogP contribution in [0.2, 0.25) is 0 Å². The second-order valence-electron chi connectivity index (χ2n) is 5.79. The van der Waals surface area contributed by atoms with Crippen molar-refractivity contribution >= 4 is 38.5 Å². The van der Waals surface area contributed by atoms with Gasteiger partial charge >= 0.3 is 0 Å². The predicted molar refractivity (Wildman–Crippen MR) is 94.6 cm³/mol. The Labute approximate surface area is 140 Å². The summed E-state index contributed by atoms with van der Waals surface area (Å²) in [5.41, 5.74) is 3.28. The molecule has 0 saturated heterocycles. The Hall–Kier alpha value is -2.05. The quantitative estimate of drug-likeness (QED) is 0.528. The summed E-state index contributed by atoms with van der Waals surface area (Å²) in [6.45, 7) is 0. The van der Waals surface area contributed by atoms with Gasteiger partial charge < -0.3 is 0 Å². The van der Waals surface area contributed by atoms with Crippen LogP contribution >= 0.6 is 22.7 Å². The van der Waals surface area contributed by atoms with Gasteiger partial charge in [0, 0.05) is 15.8 Å². The molecule has 0 atom stereocenters. The number of hydrogen-bond donors (Lipinski definition) is 0. The maximum atomic E-state index is 12.6. The molecule has 0 radical (unpaired) electrons. The maximum Gasteiger partial charge on any atom is 0.283 e. The molecule has 1 aromatic carbocycles. The first-order valence-corrected chi connectivity index (χ1v) is 9.39. The van der Waals surface area contributed by atoms with Crippen LogP contribution in [0.1, 0.15) is 23.3 Å². The Morgan fingerprint density at radius 2 is 2.00 bits per heavy atom. The van der Waals surface area contributed by atoms with Gasteiger partial charge in [-0.15, -0.1) is 11.3 Å². The lowest BCUT2D eigenvalue weighted by Gasteiger charge is -2.11. The van der Waals surface area contributed by atoms with Gasteiger partial charge in [0.25, 0.3) is 5.56 Å². The Morgan fingerprint density at radius 1 is 1.13 bits per heavy atom. The number of rotatable bonds is 1. The van der Waals surface area contributed by atoms with Crippen molar-refractivity contribution in [2.75, 3.05) is 0 Å². The molecule has 4 nitrogen and oxygen atoms in total. The first-order valence-electron chi connectivity index (χ1n) is 7.69. The molecular weight excluding hydrogens is 326 g/mol. The molecule has 3 heterocycles. The number of benzene rings is 1. The van der Waals surface area contributed by atoms with Crippen LogP contribution in [0.4, 0.5) is 0 Å². The fourth-order valence-electron chi connectivity index (χ4n) is 3.24. The summed E-state index contributed by atoms with van der Waals surface area (Å²) >= 11 is 3.33. The molecule has 5 rings (SSSR count). The lowest BCUT2D eigenvalue weighted by Crippen LogP contribution is -2.15. The minimum Gasteiger partial charge on any atom is -0.267 e. The highest BCUT2D eigenvalue weighted by Crippen LogP contribution is 2.37. The molecule has 6 heteroatoms. The molecule has 4 aromatic rings. The highest BCUT2D eigenvalue weighted by atomic mass is 32.1. The van der Waals surface area contributed by atoms with E-state index in [9.17, 15) is 4.79 Å². The molecule has 0 amide bonds. The lowest BCUT2D eigenvalue weighted by atomic mass is 9.96. The highest BCUT2D eigenvalue weighted by Gasteiger charge is 2.20. The third kappa shape index (κ3) is 1.98. The zero-order valence-electron chi connectivity index (χ0n) is 12.3. The van der Waals surface area contributed by atoms with Gasteiger partial charge in [0.1, 0.15) is 5.01 Å². The molecule has 0 unspecified atom stereocenters. The van der Waals surface area contributed by atoms with Gasteiger partial charge in [0.15, 0.2) is 0 Å². The van der Waals surface area contributed by atoms with Crippen molar-refractivity contribution in [3.63, 3.8) is 0 Å². The lowest BCUT2D eigenvalue weighted by molar-refractivity contribution is 0.698. The normalized spacial score (nSPS) is 14.4. The monoisotopic (exact) mass is 339 g/mol. The first kappa shape index (κ1) is 13.4. The van der Waals surface area contributed by atoms with E-state index in [4.69, 9.17) is 0 Å². The summed E-state index contributed by atoms with van der Waals surface area (Å²) < 4.78 is 1.45. The Bertz CT molecular complexity index is 1110. The van der Waals surface area contributed by atoms with Crippen molar-refractivity contribution in [1.82, 2.24) is 14.6 Å². The third-order valence-electron chi connectivity index (χ3n) is 4.39. The summed E-state index contributed by atoms with van der Waals surface area (Å²) in [5, 5.41) is 8.30. The van der Waals surface area contributed by atoms with E-state index in [2.05, 4.69) is 15.5 Å². The van der Waals surface area contributed by atoms with E-state index >= 15 is 0 Å². The van der Waals surface area contributed by atoms with Crippen molar-refractivity contribution < 1.29 is 0 Å². The number of aryl methyl sites for hydroxylation is 1. The van der Waals surface area contributed by atoms with Crippen LogP contribution in [0.5, 0.6) is 0 Å². The Kier molecular flexibility index (Phi) is 2.90. The van der Waals surface area contributed by atoms with Crippen LogP contribution in [-0.2, 0) is 12.8 Å². The van der Waals surface area contributed by atoms with E-state index in [1.165, 1.54) is 51.1 Å². The summed E-state index contributed by atoms with van der Waals surface area (Å²) in [6, 6.07) is 7.45. The number of aromatic nitrogens is 3. The highest BCUT2D eigenvalue weighted by molar-refractivity contribution is 7.20. The molecule has 114 valence electrons. The fourth-order valence-corrected chi connectivity index (χ4v) is 5.38. The number of hydrogen-bond acceptors (Lipinski definition) is 5. The average molecular weight is 339 g/mol. The molecule has 0 bridgehead atoms. The third-order valence-corrected chi connectivity index (χ3v) is 6.42. The topological polar surface area (TPSA) is 47.3 Å². The second kappa shape index (κ2) is 4.97. The van der Waals surface area contributed by atoms with E-state index in [1.807, 2.05) is 35.6 Å². The molecule has 0 N–H and O–H groups in total. The molecule has 0 spiro atoms. The maximum absolute atomic E-state index is 12.6. The molecule has 0 saturated carbocycles.